The number of rotatable bonds is 6. The second-order valence-electron chi connectivity index (χ2n) is 5.61. The van der Waals surface area contributed by atoms with E-state index in [0.29, 0.717) is 5.56 Å². The van der Waals surface area contributed by atoms with E-state index < -0.39 is 0 Å². The van der Waals surface area contributed by atoms with Crippen molar-refractivity contribution in [3.8, 4) is 5.69 Å². The van der Waals surface area contributed by atoms with Crippen LogP contribution in [0.2, 0.25) is 0 Å². The third-order valence-corrected chi connectivity index (χ3v) is 3.93. The first-order valence-electron chi connectivity index (χ1n) is 8.10. The van der Waals surface area contributed by atoms with Gasteiger partial charge in [0.2, 0.25) is 0 Å². The van der Waals surface area contributed by atoms with Gasteiger partial charge in [-0.2, -0.15) is 0 Å². The lowest BCUT2D eigenvalue weighted by molar-refractivity contribution is 0.0953. The summed E-state index contributed by atoms with van der Waals surface area (Å²) in [4.78, 5) is 16.5. The molecule has 3 rings (SSSR count). The van der Waals surface area contributed by atoms with Crippen molar-refractivity contribution in [2.45, 2.75) is 26.2 Å². The smallest absolute Gasteiger partial charge is 0.251 e. The molecule has 0 fully saturated rings. The van der Waals surface area contributed by atoms with Gasteiger partial charge in [-0.1, -0.05) is 31.9 Å². The van der Waals surface area contributed by atoms with Crippen LogP contribution in [0.25, 0.3) is 16.7 Å². The van der Waals surface area contributed by atoms with E-state index in [1.54, 1.807) is 0 Å². The Bertz CT molecular complexity index is 790. The molecule has 1 aromatic heterocycles. The average Bonchev–Trinajstić information content (AvgIpc) is 3.03. The Balaban J connectivity index is 1.73. The van der Waals surface area contributed by atoms with E-state index in [1.165, 1.54) is 0 Å². The molecule has 0 atom stereocenters. The molecule has 3 aromatic rings. The van der Waals surface area contributed by atoms with Crippen LogP contribution >= 0.6 is 0 Å². The summed E-state index contributed by atoms with van der Waals surface area (Å²) in [6.45, 7) is 2.89. The fourth-order valence-corrected chi connectivity index (χ4v) is 2.62. The molecule has 0 aliphatic rings. The number of unbranched alkanes of at least 4 members (excludes halogenated alkanes) is 2. The van der Waals surface area contributed by atoms with Crippen LogP contribution in [0, 0.1) is 0 Å². The zero-order valence-corrected chi connectivity index (χ0v) is 13.3. The normalized spacial score (nSPS) is 10.8. The van der Waals surface area contributed by atoms with Crippen LogP contribution in [0.4, 0.5) is 0 Å². The third kappa shape index (κ3) is 3.42. The highest BCUT2D eigenvalue weighted by Gasteiger charge is 2.07. The molecule has 23 heavy (non-hydrogen) atoms. The predicted molar refractivity (Wildman–Crippen MR) is 92.9 cm³/mol. The van der Waals surface area contributed by atoms with E-state index in [1.807, 2.05) is 59.4 Å². The molecule has 0 spiro atoms. The van der Waals surface area contributed by atoms with Gasteiger partial charge in [0.25, 0.3) is 5.91 Å². The number of carbonyl (C=O) groups is 1. The van der Waals surface area contributed by atoms with Crippen LogP contribution in [-0.4, -0.2) is 22.0 Å². The van der Waals surface area contributed by atoms with Gasteiger partial charge in [-0.05, 0) is 42.8 Å². The zero-order chi connectivity index (χ0) is 16.1. The van der Waals surface area contributed by atoms with E-state index in [9.17, 15) is 4.79 Å². The molecule has 4 heteroatoms. The quantitative estimate of drug-likeness (QED) is 0.701. The van der Waals surface area contributed by atoms with Crippen LogP contribution in [0.1, 0.15) is 36.5 Å². The fourth-order valence-electron chi connectivity index (χ4n) is 2.62. The second-order valence-corrected chi connectivity index (χ2v) is 5.61. The second kappa shape index (κ2) is 7.09. The summed E-state index contributed by atoms with van der Waals surface area (Å²) in [7, 11) is 0. The highest BCUT2D eigenvalue weighted by Crippen LogP contribution is 2.18. The molecule has 118 valence electrons. The van der Waals surface area contributed by atoms with Crippen molar-refractivity contribution >= 4 is 16.9 Å². The number of fused-ring (bicyclic) bond motifs is 1. The number of imidazole rings is 1. The zero-order valence-electron chi connectivity index (χ0n) is 13.3. The Morgan fingerprint density at radius 3 is 2.65 bits per heavy atom. The topological polar surface area (TPSA) is 46.9 Å². The summed E-state index contributed by atoms with van der Waals surface area (Å²) >= 11 is 0. The molecule has 0 saturated carbocycles. The van der Waals surface area contributed by atoms with Gasteiger partial charge in [-0.3, -0.25) is 9.36 Å². The van der Waals surface area contributed by atoms with Crippen molar-refractivity contribution in [3.63, 3.8) is 0 Å². The van der Waals surface area contributed by atoms with E-state index in [-0.39, 0.29) is 5.91 Å². The average molecular weight is 307 g/mol. The minimum absolute atomic E-state index is 0.0110. The third-order valence-electron chi connectivity index (χ3n) is 3.93. The Kier molecular flexibility index (Phi) is 4.71. The van der Waals surface area contributed by atoms with Gasteiger partial charge < -0.3 is 5.32 Å². The summed E-state index contributed by atoms with van der Waals surface area (Å²) in [5.74, 6) is -0.0110. The van der Waals surface area contributed by atoms with Gasteiger partial charge >= 0.3 is 0 Å². The van der Waals surface area contributed by atoms with Crippen molar-refractivity contribution < 1.29 is 4.79 Å². The number of amides is 1. The highest BCUT2D eigenvalue weighted by molar-refractivity contribution is 5.94. The van der Waals surface area contributed by atoms with Crippen molar-refractivity contribution in [3.05, 3.63) is 60.4 Å². The van der Waals surface area contributed by atoms with Gasteiger partial charge in [0.1, 0.15) is 6.33 Å². The Morgan fingerprint density at radius 1 is 1.09 bits per heavy atom. The first kappa shape index (κ1) is 15.3. The van der Waals surface area contributed by atoms with Crippen molar-refractivity contribution in [2.75, 3.05) is 6.54 Å². The SMILES string of the molecule is CCCCCNC(=O)c1ccc(-n2cnc3ccccc32)cc1. The Labute approximate surface area is 136 Å². The maximum absolute atomic E-state index is 12.1. The molecule has 0 aliphatic heterocycles. The van der Waals surface area contributed by atoms with E-state index in [2.05, 4.69) is 17.2 Å². The summed E-state index contributed by atoms with van der Waals surface area (Å²) in [6.07, 6.45) is 5.14. The van der Waals surface area contributed by atoms with Gasteiger partial charge in [0, 0.05) is 17.8 Å². The molecule has 2 aromatic carbocycles. The number of hydrogen-bond acceptors (Lipinski definition) is 2. The number of carbonyl (C=O) groups excluding carboxylic acids is 1. The molecule has 0 bridgehead atoms. The number of nitrogens with one attached hydrogen (secondary N) is 1. The molecule has 0 saturated heterocycles. The first-order chi connectivity index (χ1) is 11.3. The maximum Gasteiger partial charge on any atom is 0.251 e. The van der Waals surface area contributed by atoms with Gasteiger partial charge in [0.05, 0.1) is 11.0 Å². The van der Waals surface area contributed by atoms with Crippen LogP contribution in [-0.2, 0) is 0 Å². The lowest BCUT2D eigenvalue weighted by atomic mass is 10.2. The lowest BCUT2D eigenvalue weighted by Gasteiger charge is -2.07. The molecule has 0 radical (unpaired) electrons. The Morgan fingerprint density at radius 2 is 1.87 bits per heavy atom. The van der Waals surface area contributed by atoms with Crippen LogP contribution < -0.4 is 5.32 Å². The van der Waals surface area contributed by atoms with E-state index in [0.717, 1.165) is 42.5 Å². The molecule has 0 aliphatic carbocycles. The van der Waals surface area contributed by atoms with E-state index >= 15 is 0 Å². The van der Waals surface area contributed by atoms with Crippen LogP contribution in [0.15, 0.2) is 54.9 Å². The summed E-state index contributed by atoms with van der Waals surface area (Å²) in [5, 5.41) is 2.96. The van der Waals surface area contributed by atoms with Crippen molar-refractivity contribution in [1.29, 1.82) is 0 Å². The summed E-state index contributed by atoms with van der Waals surface area (Å²) in [5.41, 5.74) is 3.71. The first-order valence-corrected chi connectivity index (χ1v) is 8.10. The number of hydrogen-bond donors (Lipinski definition) is 1. The van der Waals surface area contributed by atoms with Gasteiger partial charge in [-0.25, -0.2) is 4.98 Å². The summed E-state index contributed by atoms with van der Waals surface area (Å²) < 4.78 is 2.03. The van der Waals surface area contributed by atoms with Crippen molar-refractivity contribution in [1.82, 2.24) is 14.9 Å². The highest BCUT2D eigenvalue weighted by atomic mass is 16.1. The molecule has 1 heterocycles. The van der Waals surface area contributed by atoms with Crippen LogP contribution in [0.3, 0.4) is 0 Å². The molecule has 1 amide bonds. The number of benzene rings is 2. The number of para-hydroxylation sites is 2. The molecule has 4 nitrogen and oxygen atoms in total. The van der Waals surface area contributed by atoms with Gasteiger partial charge in [-0.15, -0.1) is 0 Å². The standard InChI is InChI=1S/C19H21N3O/c1-2-3-6-13-20-19(23)15-9-11-16(12-10-15)22-14-21-17-7-4-5-8-18(17)22/h4-5,7-12,14H,2-3,6,13H2,1H3,(H,20,23). The number of aromatic nitrogens is 2. The Hall–Kier alpha value is -2.62. The minimum Gasteiger partial charge on any atom is -0.352 e. The largest absolute Gasteiger partial charge is 0.352 e. The molecule has 0 unspecified atom stereocenters. The monoisotopic (exact) mass is 307 g/mol. The molecular formula is C19H21N3O. The minimum atomic E-state index is -0.0110. The fraction of sp³-hybridized carbons (Fsp3) is 0.263. The molecule has 1 N–H and O–H groups in total. The lowest BCUT2D eigenvalue weighted by Crippen LogP contribution is -2.24. The summed E-state index contributed by atoms with van der Waals surface area (Å²) in [6, 6.07) is 15.6. The molecular weight excluding hydrogens is 286 g/mol. The predicted octanol–water partition coefficient (Wildman–Crippen LogP) is 3.95. The van der Waals surface area contributed by atoms with Crippen LogP contribution in [0.5, 0.6) is 0 Å². The maximum atomic E-state index is 12.1. The van der Waals surface area contributed by atoms with E-state index in [4.69, 9.17) is 0 Å². The number of nitrogens with zero attached hydrogens (tertiary/aromatic N) is 2. The van der Waals surface area contributed by atoms with Crippen molar-refractivity contribution in [2.24, 2.45) is 0 Å². The van der Waals surface area contributed by atoms with Gasteiger partial charge in [0.15, 0.2) is 0 Å².